The Labute approximate surface area is 184 Å². The average Bonchev–Trinajstić information content (AvgIpc) is 3.33. The number of benzene rings is 2. The highest BCUT2D eigenvalue weighted by atomic mass is 19.1. The number of piperidine rings is 1. The van der Waals surface area contributed by atoms with E-state index in [1.165, 1.54) is 28.8 Å². The van der Waals surface area contributed by atoms with Gasteiger partial charge in [0.25, 0.3) is 0 Å². The van der Waals surface area contributed by atoms with Crippen LogP contribution in [0.25, 0.3) is 11.0 Å². The maximum absolute atomic E-state index is 13.4. The largest absolute Gasteiger partial charge is 0.325 e. The molecule has 1 aromatic heterocycles. The lowest BCUT2D eigenvalue weighted by molar-refractivity contribution is -0.137. The fraction of sp³-hybridized carbons (Fsp3) is 0.375. The van der Waals surface area contributed by atoms with E-state index in [1.807, 2.05) is 6.33 Å². The van der Waals surface area contributed by atoms with Crippen molar-refractivity contribution >= 4 is 22.8 Å². The topological polar surface area (TPSA) is 70.5 Å². The highest BCUT2D eigenvalue weighted by Crippen LogP contribution is 2.31. The lowest BCUT2D eigenvalue weighted by Gasteiger charge is -2.40. The fourth-order valence-corrected chi connectivity index (χ4v) is 5.23. The van der Waals surface area contributed by atoms with Crippen LogP contribution in [-0.2, 0) is 29.2 Å². The van der Waals surface area contributed by atoms with Gasteiger partial charge in [0.15, 0.2) is 0 Å². The van der Waals surface area contributed by atoms with Crippen LogP contribution in [-0.4, -0.2) is 50.3 Å². The molecule has 2 saturated heterocycles. The highest BCUT2D eigenvalue weighted by Gasteiger charge is 2.35. The van der Waals surface area contributed by atoms with E-state index in [4.69, 9.17) is 0 Å². The van der Waals surface area contributed by atoms with Crippen molar-refractivity contribution in [3.05, 3.63) is 65.2 Å². The first-order chi connectivity index (χ1) is 15.5. The van der Waals surface area contributed by atoms with Crippen LogP contribution in [0.4, 0.5) is 4.39 Å². The van der Waals surface area contributed by atoms with Crippen LogP contribution in [0.15, 0.2) is 42.7 Å². The van der Waals surface area contributed by atoms with E-state index in [0.29, 0.717) is 24.4 Å². The van der Waals surface area contributed by atoms with Gasteiger partial charge in [0, 0.05) is 45.2 Å². The van der Waals surface area contributed by atoms with Gasteiger partial charge in [-0.25, -0.2) is 9.37 Å². The standard InChI is InChI=1S/C24H24FN5O2/c25-18-3-4-21-20(8-18)26-14-30(21)19-12-28(13-19)9-15-1-2-16-10-29(11-17(16)7-15)22-5-6-23(31)27-24(22)32/h1-4,7-8,14,19,22H,5-6,9-13H2,(H,27,31,32). The number of imidazole rings is 1. The molecule has 32 heavy (non-hydrogen) atoms. The molecule has 2 amide bonds. The lowest BCUT2D eigenvalue weighted by Crippen LogP contribution is -2.50. The van der Waals surface area contributed by atoms with E-state index >= 15 is 0 Å². The minimum atomic E-state index is -0.259. The van der Waals surface area contributed by atoms with Crippen LogP contribution in [0.1, 0.15) is 35.6 Å². The second kappa shape index (κ2) is 7.50. The number of halogens is 1. The van der Waals surface area contributed by atoms with Gasteiger partial charge >= 0.3 is 0 Å². The molecule has 7 nitrogen and oxygen atoms in total. The van der Waals surface area contributed by atoms with Crippen molar-refractivity contribution in [2.75, 3.05) is 13.1 Å². The van der Waals surface area contributed by atoms with Crippen molar-refractivity contribution in [3.8, 4) is 0 Å². The maximum Gasteiger partial charge on any atom is 0.243 e. The van der Waals surface area contributed by atoms with Crippen LogP contribution in [0, 0.1) is 5.82 Å². The van der Waals surface area contributed by atoms with Gasteiger partial charge in [-0.1, -0.05) is 18.2 Å². The smallest absolute Gasteiger partial charge is 0.243 e. The fourth-order valence-electron chi connectivity index (χ4n) is 5.23. The van der Waals surface area contributed by atoms with Crippen LogP contribution in [0.2, 0.25) is 0 Å². The zero-order valence-corrected chi connectivity index (χ0v) is 17.6. The third-order valence-corrected chi connectivity index (χ3v) is 6.94. The molecule has 1 atom stereocenters. The van der Waals surface area contributed by atoms with Crippen molar-refractivity contribution in [3.63, 3.8) is 0 Å². The van der Waals surface area contributed by atoms with E-state index in [1.54, 1.807) is 6.07 Å². The number of likely N-dealkylation sites (tertiary alicyclic amines) is 1. The number of carbonyl (C=O) groups is 2. The Kier molecular flexibility index (Phi) is 4.58. The number of amides is 2. The van der Waals surface area contributed by atoms with Crippen LogP contribution >= 0.6 is 0 Å². The number of hydrogen-bond donors (Lipinski definition) is 1. The quantitative estimate of drug-likeness (QED) is 0.640. The van der Waals surface area contributed by atoms with Gasteiger partial charge in [-0.15, -0.1) is 0 Å². The Hall–Kier alpha value is -3.10. The van der Waals surface area contributed by atoms with Crippen molar-refractivity contribution in [2.45, 2.75) is 44.6 Å². The minimum Gasteiger partial charge on any atom is -0.325 e. The summed E-state index contributed by atoms with van der Waals surface area (Å²) in [5, 5.41) is 2.46. The number of imide groups is 1. The molecule has 8 heteroatoms. The molecule has 1 N–H and O–H groups in total. The third kappa shape index (κ3) is 3.40. The molecule has 0 aliphatic carbocycles. The Morgan fingerprint density at radius 3 is 2.75 bits per heavy atom. The summed E-state index contributed by atoms with van der Waals surface area (Å²) in [5.74, 6) is -0.601. The Morgan fingerprint density at radius 2 is 1.91 bits per heavy atom. The van der Waals surface area contributed by atoms with Crippen LogP contribution < -0.4 is 5.32 Å². The molecule has 164 valence electrons. The highest BCUT2D eigenvalue weighted by molar-refractivity contribution is 6.00. The molecule has 6 rings (SSSR count). The lowest BCUT2D eigenvalue weighted by atomic mass is 10.0. The molecule has 0 saturated carbocycles. The van der Waals surface area contributed by atoms with Gasteiger partial charge in [-0.2, -0.15) is 0 Å². The second-order valence-electron chi connectivity index (χ2n) is 9.11. The van der Waals surface area contributed by atoms with Gasteiger partial charge in [0.05, 0.1) is 29.4 Å². The molecule has 3 aliphatic rings. The van der Waals surface area contributed by atoms with Gasteiger partial charge in [0.2, 0.25) is 11.8 Å². The van der Waals surface area contributed by atoms with Crippen molar-refractivity contribution in [2.24, 2.45) is 0 Å². The predicted molar refractivity (Wildman–Crippen MR) is 116 cm³/mol. The normalized spacial score (nSPS) is 22.2. The summed E-state index contributed by atoms with van der Waals surface area (Å²) in [4.78, 5) is 32.6. The Balaban J connectivity index is 1.09. The van der Waals surface area contributed by atoms with E-state index in [2.05, 4.69) is 42.9 Å². The van der Waals surface area contributed by atoms with E-state index in [9.17, 15) is 14.0 Å². The SMILES string of the molecule is O=C1CCC(N2Cc3ccc(CN4CC(n5cnc6cc(F)ccc65)C4)cc3C2)C(=O)N1. The van der Waals surface area contributed by atoms with Crippen molar-refractivity contribution < 1.29 is 14.0 Å². The van der Waals surface area contributed by atoms with Gasteiger partial charge in [0.1, 0.15) is 5.82 Å². The number of fused-ring (bicyclic) bond motifs is 2. The molecule has 3 aliphatic heterocycles. The first-order valence-electron chi connectivity index (χ1n) is 11.1. The molecule has 2 fully saturated rings. The van der Waals surface area contributed by atoms with Gasteiger partial charge in [-0.05, 0) is 35.2 Å². The minimum absolute atomic E-state index is 0.171. The molecule has 2 aromatic carbocycles. The zero-order chi connectivity index (χ0) is 21.8. The first kappa shape index (κ1) is 19.6. The molecule has 3 aromatic rings. The number of hydrogen-bond acceptors (Lipinski definition) is 5. The summed E-state index contributed by atoms with van der Waals surface area (Å²) in [6.45, 7) is 4.24. The Morgan fingerprint density at radius 1 is 1.06 bits per heavy atom. The average molecular weight is 433 g/mol. The molecule has 0 bridgehead atoms. The van der Waals surface area contributed by atoms with Gasteiger partial charge in [-0.3, -0.25) is 24.7 Å². The summed E-state index contributed by atoms with van der Waals surface area (Å²) in [7, 11) is 0. The van der Waals surface area contributed by atoms with Crippen molar-refractivity contribution in [1.82, 2.24) is 24.7 Å². The molecular weight excluding hydrogens is 409 g/mol. The summed E-state index contributed by atoms with van der Waals surface area (Å²) in [6, 6.07) is 11.5. The van der Waals surface area contributed by atoms with Gasteiger partial charge < -0.3 is 4.57 Å². The number of aromatic nitrogens is 2. The third-order valence-electron chi connectivity index (χ3n) is 6.94. The zero-order valence-electron chi connectivity index (χ0n) is 17.6. The predicted octanol–water partition coefficient (Wildman–Crippen LogP) is 2.35. The molecule has 0 radical (unpaired) electrons. The van der Waals surface area contributed by atoms with E-state index < -0.39 is 0 Å². The summed E-state index contributed by atoms with van der Waals surface area (Å²) in [5.41, 5.74) is 5.47. The molecular formula is C24H24FN5O2. The van der Waals surface area contributed by atoms with E-state index in [-0.39, 0.29) is 23.7 Å². The van der Waals surface area contributed by atoms with Crippen LogP contribution in [0.5, 0.6) is 0 Å². The second-order valence-corrected chi connectivity index (χ2v) is 9.11. The molecule has 4 heterocycles. The number of nitrogens with one attached hydrogen (secondary N) is 1. The monoisotopic (exact) mass is 433 g/mol. The molecule has 0 spiro atoms. The number of carbonyl (C=O) groups excluding carboxylic acids is 2. The summed E-state index contributed by atoms with van der Waals surface area (Å²) < 4.78 is 15.6. The first-order valence-corrected chi connectivity index (χ1v) is 11.1. The number of rotatable bonds is 4. The summed E-state index contributed by atoms with van der Waals surface area (Å²) >= 11 is 0. The maximum atomic E-state index is 13.4. The molecule has 1 unspecified atom stereocenters. The van der Waals surface area contributed by atoms with E-state index in [0.717, 1.165) is 38.2 Å². The Bertz CT molecular complexity index is 1230. The number of nitrogens with zero attached hydrogens (tertiary/aromatic N) is 4. The van der Waals surface area contributed by atoms with Crippen LogP contribution in [0.3, 0.4) is 0 Å². The summed E-state index contributed by atoms with van der Waals surface area (Å²) in [6.07, 6.45) is 2.81. The van der Waals surface area contributed by atoms with Crippen molar-refractivity contribution in [1.29, 1.82) is 0 Å².